The predicted octanol–water partition coefficient (Wildman–Crippen LogP) is 6.16. The van der Waals surface area contributed by atoms with Gasteiger partial charge in [0.1, 0.15) is 18.4 Å². The Balaban J connectivity index is 1.05. The largest absolute Gasteiger partial charge is 0.374 e. The van der Waals surface area contributed by atoms with Gasteiger partial charge in [0, 0.05) is 13.6 Å². The molecule has 1 aliphatic heterocycles. The summed E-state index contributed by atoms with van der Waals surface area (Å²) in [6.45, 7) is 1.58. The van der Waals surface area contributed by atoms with Gasteiger partial charge in [0.05, 0.1) is 25.6 Å². The van der Waals surface area contributed by atoms with Crippen LogP contribution in [-0.4, -0.2) is 39.3 Å². The van der Waals surface area contributed by atoms with Gasteiger partial charge < -0.3 is 14.4 Å². The van der Waals surface area contributed by atoms with Crippen LogP contribution in [0.4, 0.5) is 10.2 Å². The molecule has 1 aliphatic rings. The molecule has 2 unspecified atom stereocenters. The van der Waals surface area contributed by atoms with Crippen molar-refractivity contribution in [1.29, 1.82) is 0 Å². The summed E-state index contributed by atoms with van der Waals surface area (Å²) in [6, 6.07) is 25.4. The zero-order valence-corrected chi connectivity index (χ0v) is 21.8. The number of rotatable bonds is 9. The molecule has 7 nitrogen and oxygen atoms in total. The quantitative estimate of drug-likeness (QED) is 0.230. The highest BCUT2D eigenvalue weighted by molar-refractivity contribution is 5.83. The molecule has 2 aromatic heterocycles. The van der Waals surface area contributed by atoms with E-state index in [9.17, 15) is 4.39 Å². The number of hydrogen-bond donors (Lipinski definition) is 0. The number of halogens is 1. The maximum atomic E-state index is 13.6. The van der Waals surface area contributed by atoms with E-state index in [1.165, 1.54) is 29.6 Å². The first-order chi connectivity index (χ1) is 19.1. The molecule has 198 valence electrons. The third kappa shape index (κ3) is 5.67. The lowest BCUT2D eigenvalue weighted by atomic mass is 10.0. The van der Waals surface area contributed by atoms with Gasteiger partial charge in [-0.3, -0.25) is 4.57 Å². The lowest BCUT2D eigenvalue weighted by Gasteiger charge is -2.19. The molecular weight excluding hydrogens is 493 g/mol. The molecule has 0 spiro atoms. The minimum atomic E-state index is -0.254. The van der Waals surface area contributed by atoms with Crippen LogP contribution in [0.25, 0.3) is 22.3 Å². The monoisotopic (exact) mass is 523 g/mol. The van der Waals surface area contributed by atoms with E-state index < -0.39 is 0 Å². The molecule has 0 radical (unpaired) electrons. The van der Waals surface area contributed by atoms with Crippen molar-refractivity contribution in [3.8, 4) is 11.1 Å². The topological polar surface area (TPSA) is 65.3 Å². The van der Waals surface area contributed by atoms with Crippen molar-refractivity contribution >= 4 is 17.0 Å². The number of fused-ring (bicyclic) bond motifs is 1. The van der Waals surface area contributed by atoms with E-state index in [1.54, 1.807) is 12.4 Å². The molecule has 39 heavy (non-hydrogen) atoms. The van der Waals surface area contributed by atoms with Gasteiger partial charge in [-0.05, 0) is 47.2 Å². The van der Waals surface area contributed by atoms with Gasteiger partial charge >= 0.3 is 0 Å². The first-order valence-corrected chi connectivity index (χ1v) is 13.1. The summed E-state index contributed by atoms with van der Waals surface area (Å²) in [7, 11) is 1.92. The number of nitrogens with zero attached hydrogens (tertiary/aromatic N) is 5. The Kier molecular flexibility index (Phi) is 7.29. The standard InChI is InChI=1S/C31H30FN5O2/c1-36(17-23-6-5-9-26(32)16-23)30-29-31(34-20-33-30)37(21-35-29)28-15-14-27(39-28)19-38-18-22-10-12-25(13-11-22)24-7-3-2-4-8-24/h2-13,16,20-21,27-28H,14-15,17-19H2,1H3. The predicted molar refractivity (Wildman–Crippen MR) is 149 cm³/mol. The van der Waals surface area contributed by atoms with Crippen molar-refractivity contribution in [2.75, 3.05) is 18.6 Å². The third-order valence-corrected chi connectivity index (χ3v) is 7.04. The molecule has 5 aromatic rings. The summed E-state index contributed by atoms with van der Waals surface area (Å²) >= 11 is 0. The molecule has 1 saturated heterocycles. The van der Waals surface area contributed by atoms with Crippen LogP contribution in [-0.2, 0) is 22.6 Å². The molecule has 3 heterocycles. The number of hydrogen-bond acceptors (Lipinski definition) is 6. The summed E-state index contributed by atoms with van der Waals surface area (Å²) < 4.78 is 27.9. The summed E-state index contributed by atoms with van der Waals surface area (Å²) in [5.41, 5.74) is 5.81. The Bertz CT molecular complexity index is 1540. The SMILES string of the molecule is CN(Cc1cccc(F)c1)c1ncnc2c1ncn2C1CCC(COCc2ccc(-c3ccccc3)cc2)O1. The highest BCUT2D eigenvalue weighted by Gasteiger charge is 2.29. The normalized spacial score (nSPS) is 17.1. The van der Waals surface area contributed by atoms with Crippen LogP contribution >= 0.6 is 0 Å². The Morgan fingerprint density at radius 1 is 0.923 bits per heavy atom. The van der Waals surface area contributed by atoms with Crippen molar-refractivity contribution in [2.24, 2.45) is 0 Å². The number of benzene rings is 3. The lowest BCUT2D eigenvalue weighted by molar-refractivity contribution is -0.0433. The van der Waals surface area contributed by atoms with Crippen LogP contribution in [0.1, 0.15) is 30.2 Å². The Morgan fingerprint density at radius 3 is 2.56 bits per heavy atom. The summed E-state index contributed by atoms with van der Waals surface area (Å²) in [5.74, 6) is 0.440. The molecule has 0 aliphatic carbocycles. The second-order valence-corrected chi connectivity index (χ2v) is 9.88. The van der Waals surface area contributed by atoms with Gasteiger partial charge in [-0.1, -0.05) is 66.7 Å². The molecule has 1 fully saturated rings. The smallest absolute Gasteiger partial charge is 0.167 e. The second kappa shape index (κ2) is 11.3. The Hall–Kier alpha value is -4.14. The molecule has 0 bridgehead atoms. The van der Waals surface area contributed by atoms with E-state index in [2.05, 4.69) is 51.4 Å². The molecule has 0 saturated carbocycles. The van der Waals surface area contributed by atoms with Crippen molar-refractivity contribution < 1.29 is 13.9 Å². The summed E-state index contributed by atoms with van der Waals surface area (Å²) in [5, 5.41) is 0. The van der Waals surface area contributed by atoms with Crippen LogP contribution in [0, 0.1) is 5.82 Å². The molecular formula is C31H30FN5O2. The van der Waals surface area contributed by atoms with Crippen molar-refractivity contribution in [3.63, 3.8) is 0 Å². The van der Waals surface area contributed by atoms with Gasteiger partial charge in [-0.25, -0.2) is 19.3 Å². The maximum absolute atomic E-state index is 13.6. The van der Waals surface area contributed by atoms with Gasteiger partial charge in [0.25, 0.3) is 0 Å². The zero-order chi connectivity index (χ0) is 26.6. The molecule has 0 amide bonds. The Morgan fingerprint density at radius 2 is 1.74 bits per heavy atom. The molecule has 6 rings (SSSR count). The van der Waals surface area contributed by atoms with E-state index in [0.717, 1.165) is 29.6 Å². The first-order valence-electron chi connectivity index (χ1n) is 13.1. The van der Waals surface area contributed by atoms with Crippen molar-refractivity contribution in [2.45, 2.75) is 38.3 Å². The number of imidazole rings is 1. The van der Waals surface area contributed by atoms with Crippen LogP contribution < -0.4 is 4.90 Å². The second-order valence-electron chi connectivity index (χ2n) is 9.88. The van der Waals surface area contributed by atoms with Crippen molar-refractivity contribution in [1.82, 2.24) is 19.5 Å². The molecule has 3 aromatic carbocycles. The number of ether oxygens (including phenoxy) is 2. The third-order valence-electron chi connectivity index (χ3n) is 7.04. The van der Waals surface area contributed by atoms with Gasteiger partial charge in [-0.2, -0.15) is 0 Å². The average Bonchev–Trinajstić information content (AvgIpc) is 3.61. The van der Waals surface area contributed by atoms with Crippen LogP contribution in [0.5, 0.6) is 0 Å². The fourth-order valence-electron chi connectivity index (χ4n) is 5.06. The maximum Gasteiger partial charge on any atom is 0.167 e. The van der Waals surface area contributed by atoms with Crippen molar-refractivity contribution in [3.05, 3.63) is 108 Å². The van der Waals surface area contributed by atoms with E-state index in [-0.39, 0.29) is 18.1 Å². The van der Waals surface area contributed by atoms with E-state index in [1.807, 2.05) is 40.8 Å². The highest BCUT2D eigenvalue weighted by atomic mass is 19.1. The molecule has 0 N–H and O–H groups in total. The lowest BCUT2D eigenvalue weighted by Crippen LogP contribution is -2.19. The highest BCUT2D eigenvalue weighted by Crippen LogP contribution is 2.32. The Labute approximate surface area is 226 Å². The minimum absolute atomic E-state index is 0.00741. The van der Waals surface area contributed by atoms with Gasteiger partial charge in [0.15, 0.2) is 17.0 Å². The van der Waals surface area contributed by atoms with Crippen LogP contribution in [0.15, 0.2) is 91.5 Å². The van der Waals surface area contributed by atoms with E-state index in [4.69, 9.17) is 9.47 Å². The number of aromatic nitrogens is 4. The van der Waals surface area contributed by atoms with E-state index in [0.29, 0.717) is 31.1 Å². The van der Waals surface area contributed by atoms with Crippen LogP contribution in [0.2, 0.25) is 0 Å². The van der Waals surface area contributed by atoms with E-state index >= 15 is 0 Å². The minimum Gasteiger partial charge on any atom is -0.374 e. The molecule has 2 atom stereocenters. The van der Waals surface area contributed by atoms with Crippen LogP contribution in [0.3, 0.4) is 0 Å². The summed E-state index contributed by atoms with van der Waals surface area (Å²) in [4.78, 5) is 15.5. The van der Waals surface area contributed by atoms with Gasteiger partial charge in [-0.15, -0.1) is 0 Å². The first kappa shape index (κ1) is 25.2. The fraction of sp³-hybridized carbons (Fsp3) is 0.258. The van der Waals surface area contributed by atoms with Gasteiger partial charge in [0.2, 0.25) is 0 Å². The zero-order valence-electron chi connectivity index (χ0n) is 21.8. The average molecular weight is 524 g/mol. The fourth-order valence-corrected chi connectivity index (χ4v) is 5.06. The number of anilines is 1. The molecule has 8 heteroatoms. The summed E-state index contributed by atoms with van der Waals surface area (Å²) in [6.07, 6.45) is 4.90.